The molecule has 0 aliphatic rings. The van der Waals surface area contributed by atoms with Crippen LogP contribution in [-0.4, -0.2) is 18.9 Å². The average molecular weight is 326 g/mol. The molecule has 0 saturated heterocycles. The first kappa shape index (κ1) is 17.5. The number of carbonyl (C=O) groups excluding carboxylic acids is 2. The number of amides is 2. The third kappa shape index (κ3) is 4.35. The highest BCUT2D eigenvalue weighted by molar-refractivity contribution is 5.95. The zero-order chi connectivity index (χ0) is 17.7. The molecule has 2 aromatic rings. The number of rotatable bonds is 5. The third-order valence-corrected chi connectivity index (χ3v) is 3.76. The number of benzene rings is 2. The highest BCUT2D eigenvalue weighted by atomic mass is 16.5. The second-order valence-corrected chi connectivity index (χ2v) is 5.69. The van der Waals surface area contributed by atoms with Gasteiger partial charge in [0.2, 0.25) is 5.91 Å². The number of nitrogens with one attached hydrogen (secondary N) is 2. The predicted molar refractivity (Wildman–Crippen MR) is 94.4 cm³/mol. The van der Waals surface area contributed by atoms with Gasteiger partial charge in [-0.3, -0.25) is 9.59 Å². The molecule has 0 atom stereocenters. The van der Waals surface area contributed by atoms with Gasteiger partial charge in [-0.1, -0.05) is 6.07 Å². The van der Waals surface area contributed by atoms with E-state index in [-0.39, 0.29) is 11.8 Å². The molecule has 0 aromatic heterocycles. The van der Waals surface area contributed by atoms with Gasteiger partial charge in [0.15, 0.2) is 0 Å². The highest BCUT2D eigenvalue weighted by Crippen LogP contribution is 2.22. The van der Waals surface area contributed by atoms with E-state index in [1.54, 1.807) is 31.4 Å². The van der Waals surface area contributed by atoms with E-state index in [2.05, 4.69) is 10.6 Å². The molecule has 0 bridgehead atoms. The lowest BCUT2D eigenvalue weighted by atomic mass is 10.0. The quantitative estimate of drug-likeness (QED) is 0.886. The van der Waals surface area contributed by atoms with Crippen molar-refractivity contribution in [2.24, 2.45) is 0 Å². The van der Waals surface area contributed by atoms with Gasteiger partial charge in [0.25, 0.3) is 5.91 Å². The molecule has 0 aliphatic heterocycles. The van der Waals surface area contributed by atoms with Crippen molar-refractivity contribution < 1.29 is 14.3 Å². The second kappa shape index (κ2) is 7.64. The van der Waals surface area contributed by atoms with E-state index < -0.39 is 0 Å². The highest BCUT2D eigenvalue weighted by Gasteiger charge is 2.09. The van der Waals surface area contributed by atoms with Crippen molar-refractivity contribution in [2.75, 3.05) is 12.4 Å². The normalized spacial score (nSPS) is 10.2. The van der Waals surface area contributed by atoms with Crippen molar-refractivity contribution >= 4 is 17.5 Å². The fraction of sp³-hybridized carbons (Fsp3) is 0.263. The van der Waals surface area contributed by atoms with Crippen LogP contribution >= 0.6 is 0 Å². The predicted octanol–water partition coefficient (Wildman–Crippen LogP) is 3.20. The first-order chi connectivity index (χ1) is 11.4. The van der Waals surface area contributed by atoms with Gasteiger partial charge in [-0.25, -0.2) is 0 Å². The number of ether oxygens (including phenoxy) is 1. The van der Waals surface area contributed by atoms with E-state index in [0.29, 0.717) is 17.8 Å². The van der Waals surface area contributed by atoms with Gasteiger partial charge in [-0.05, 0) is 60.9 Å². The third-order valence-electron chi connectivity index (χ3n) is 3.76. The zero-order valence-corrected chi connectivity index (χ0v) is 14.4. The first-order valence-electron chi connectivity index (χ1n) is 7.70. The summed E-state index contributed by atoms with van der Waals surface area (Å²) in [7, 11) is 1.65. The Hall–Kier alpha value is -2.82. The fourth-order valence-corrected chi connectivity index (χ4v) is 2.45. The maximum Gasteiger partial charge on any atom is 0.251 e. The second-order valence-electron chi connectivity index (χ2n) is 5.69. The lowest BCUT2D eigenvalue weighted by Crippen LogP contribution is -2.23. The number of carbonyl (C=O) groups is 2. The molecule has 0 heterocycles. The number of methoxy groups -OCH3 is 1. The maximum absolute atomic E-state index is 12.2. The molecular weight excluding hydrogens is 304 g/mol. The molecule has 5 nitrogen and oxygen atoms in total. The van der Waals surface area contributed by atoms with E-state index in [4.69, 9.17) is 4.74 Å². The summed E-state index contributed by atoms with van der Waals surface area (Å²) in [6.07, 6.45) is 0. The summed E-state index contributed by atoms with van der Waals surface area (Å²) in [6, 6.07) is 10.8. The number of anilines is 1. The fourth-order valence-electron chi connectivity index (χ4n) is 2.45. The Morgan fingerprint density at radius 2 is 1.71 bits per heavy atom. The van der Waals surface area contributed by atoms with Gasteiger partial charge in [-0.2, -0.15) is 0 Å². The van der Waals surface area contributed by atoms with Gasteiger partial charge in [-0.15, -0.1) is 0 Å². The topological polar surface area (TPSA) is 67.4 Å². The van der Waals surface area contributed by atoms with Crippen molar-refractivity contribution in [2.45, 2.75) is 27.3 Å². The molecule has 126 valence electrons. The van der Waals surface area contributed by atoms with Gasteiger partial charge in [0.05, 0.1) is 7.11 Å². The van der Waals surface area contributed by atoms with Crippen molar-refractivity contribution in [3.05, 3.63) is 58.7 Å². The van der Waals surface area contributed by atoms with Crippen molar-refractivity contribution in [3.63, 3.8) is 0 Å². The van der Waals surface area contributed by atoms with Crippen molar-refractivity contribution in [3.8, 4) is 5.75 Å². The Morgan fingerprint density at radius 3 is 2.29 bits per heavy atom. The summed E-state index contributed by atoms with van der Waals surface area (Å²) in [4.78, 5) is 23.2. The Labute approximate surface area is 142 Å². The molecule has 0 aliphatic carbocycles. The molecule has 0 saturated carbocycles. The maximum atomic E-state index is 12.2. The summed E-state index contributed by atoms with van der Waals surface area (Å²) in [5.74, 6) is 0.547. The van der Waals surface area contributed by atoms with Crippen LogP contribution in [-0.2, 0) is 11.3 Å². The van der Waals surface area contributed by atoms with Crippen LogP contribution in [0.1, 0.15) is 34.0 Å². The van der Waals surface area contributed by atoms with E-state index >= 15 is 0 Å². The smallest absolute Gasteiger partial charge is 0.251 e. The van der Waals surface area contributed by atoms with Gasteiger partial charge < -0.3 is 15.4 Å². The molecule has 0 fully saturated rings. The summed E-state index contributed by atoms with van der Waals surface area (Å²) in [5, 5.41) is 5.58. The van der Waals surface area contributed by atoms with Crippen LogP contribution in [0.25, 0.3) is 0 Å². The minimum absolute atomic E-state index is 0.141. The molecule has 5 heteroatoms. The molecule has 2 amide bonds. The molecule has 24 heavy (non-hydrogen) atoms. The van der Waals surface area contributed by atoms with E-state index in [1.165, 1.54) is 6.92 Å². The largest absolute Gasteiger partial charge is 0.496 e. The average Bonchev–Trinajstić information content (AvgIpc) is 2.55. The monoisotopic (exact) mass is 326 g/mol. The summed E-state index contributed by atoms with van der Waals surface area (Å²) >= 11 is 0. The molecule has 0 spiro atoms. The van der Waals surface area contributed by atoms with Crippen LogP contribution in [0.5, 0.6) is 5.75 Å². The van der Waals surface area contributed by atoms with E-state index in [9.17, 15) is 9.59 Å². The van der Waals surface area contributed by atoms with E-state index in [1.807, 2.05) is 26.0 Å². The van der Waals surface area contributed by atoms with Gasteiger partial charge in [0.1, 0.15) is 5.75 Å². The molecule has 0 unspecified atom stereocenters. The molecule has 2 aromatic carbocycles. The SMILES string of the molecule is COc1cc(C)c(CNC(=O)c2ccc(NC(C)=O)cc2)cc1C. The lowest BCUT2D eigenvalue weighted by molar-refractivity contribution is -0.114. The Balaban J connectivity index is 2.03. The van der Waals surface area contributed by atoms with Gasteiger partial charge in [0, 0.05) is 24.7 Å². The summed E-state index contributed by atoms with van der Waals surface area (Å²) in [6.45, 7) is 5.86. The summed E-state index contributed by atoms with van der Waals surface area (Å²) < 4.78 is 5.30. The Morgan fingerprint density at radius 1 is 1.04 bits per heavy atom. The van der Waals surface area contributed by atoms with Crippen molar-refractivity contribution in [1.29, 1.82) is 0 Å². The van der Waals surface area contributed by atoms with Crippen LogP contribution in [0.4, 0.5) is 5.69 Å². The Kier molecular flexibility index (Phi) is 5.58. The number of hydrogen-bond acceptors (Lipinski definition) is 3. The number of hydrogen-bond donors (Lipinski definition) is 2. The van der Waals surface area contributed by atoms with E-state index in [0.717, 1.165) is 22.4 Å². The van der Waals surface area contributed by atoms with Crippen LogP contribution < -0.4 is 15.4 Å². The van der Waals surface area contributed by atoms with Crippen LogP contribution in [0.15, 0.2) is 36.4 Å². The first-order valence-corrected chi connectivity index (χ1v) is 7.70. The molecule has 2 N–H and O–H groups in total. The van der Waals surface area contributed by atoms with Crippen molar-refractivity contribution in [1.82, 2.24) is 5.32 Å². The van der Waals surface area contributed by atoms with Crippen LogP contribution in [0.2, 0.25) is 0 Å². The van der Waals surface area contributed by atoms with Crippen LogP contribution in [0.3, 0.4) is 0 Å². The van der Waals surface area contributed by atoms with Crippen LogP contribution in [0, 0.1) is 13.8 Å². The van der Waals surface area contributed by atoms with Gasteiger partial charge >= 0.3 is 0 Å². The minimum atomic E-state index is -0.155. The molecular formula is C19H22N2O3. The zero-order valence-electron chi connectivity index (χ0n) is 14.4. The standard InChI is InChI=1S/C19H22N2O3/c1-12-10-18(24-4)13(2)9-16(12)11-20-19(23)15-5-7-17(8-6-15)21-14(3)22/h5-10H,11H2,1-4H3,(H,20,23)(H,21,22). The Bertz CT molecular complexity index is 752. The minimum Gasteiger partial charge on any atom is -0.496 e. The lowest BCUT2D eigenvalue weighted by Gasteiger charge is -2.12. The summed E-state index contributed by atoms with van der Waals surface area (Å²) in [5.41, 5.74) is 4.37. The molecule has 2 rings (SSSR count). The number of aryl methyl sites for hydroxylation is 2. The molecule has 0 radical (unpaired) electrons.